The van der Waals surface area contributed by atoms with Gasteiger partial charge in [-0.3, -0.25) is 0 Å². The van der Waals surface area contributed by atoms with Gasteiger partial charge in [-0.05, 0) is 38.0 Å². The van der Waals surface area contributed by atoms with Crippen molar-refractivity contribution in [3.63, 3.8) is 0 Å². The zero-order valence-electron chi connectivity index (χ0n) is 13.1. The van der Waals surface area contributed by atoms with E-state index in [1.165, 1.54) is 10.9 Å². The fourth-order valence-electron chi connectivity index (χ4n) is 1.98. The number of hydrogen-bond acceptors (Lipinski definition) is 3. The third kappa shape index (κ3) is 4.53. The molecule has 6 heteroatoms. The van der Waals surface area contributed by atoms with Crippen molar-refractivity contribution in [3.05, 3.63) is 51.2 Å². The minimum absolute atomic E-state index is 0.182. The van der Waals surface area contributed by atoms with Gasteiger partial charge in [0.25, 0.3) is 0 Å². The summed E-state index contributed by atoms with van der Waals surface area (Å²) < 4.78 is 13.3. The molecule has 2 rings (SSSR count). The Morgan fingerprint density at radius 1 is 1.32 bits per heavy atom. The van der Waals surface area contributed by atoms with Crippen LogP contribution < -0.4 is 10.6 Å². The number of aromatic nitrogens is 1. The van der Waals surface area contributed by atoms with E-state index in [1.54, 1.807) is 24.3 Å². The minimum Gasteiger partial charge on any atom is -0.357 e. The number of rotatable bonds is 5. The maximum Gasteiger partial charge on any atom is 0.191 e. The molecule has 0 unspecified atom stereocenters. The zero-order valence-corrected chi connectivity index (χ0v) is 13.9. The molecule has 0 radical (unpaired) electrons. The van der Waals surface area contributed by atoms with Crippen molar-refractivity contribution in [2.24, 2.45) is 4.99 Å². The van der Waals surface area contributed by atoms with Gasteiger partial charge in [-0.2, -0.15) is 0 Å². The molecule has 0 aliphatic carbocycles. The molecule has 0 aliphatic rings. The van der Waals surface area contributed by atoms with Gasteiger partial charge in [-0.1, -0.05) is 12.1 Å². The Balaban J connectivity index is 2.00. The summed E-state index contributed by atoms with van der Waals surface area (Å²) in [6.07, 6.45) is 0. The SMILES string of the molecule is CCNC(=NCc1ccc(F)c(C)c1)NCc1scnc1C. The number of guanidine groups is 1. The van der Waals surface area contributed by atoms with Crippen LogP contribution in [0.15, 0.2) is 28.7 Å². The number of halogens is 1. The highest BCUT2D eigenvalue weighted by Crippen LogP contribution is 2.12. The minimum atomic E-state index is -0.182. The monoisotopic (exact) mass is 320 g/mol. The summed E-state index contributed by atoms with van der Waals surface area (Å²) >= 11 is 1.63. The van der Waals surface area contributed by atoms with Crippen LogP contribution in [0.1, 0.15) is 28.6 Å². The molecule has 0 amide bonds. The van der Waals surface area contributed by atoms with Gasteiger partial charge in [0.2, 0.25) is 0 Å². The quantitative estimate of drug-likeness (QED) is 0.657. The molecule has 1 aromatic carbocycles. The van der Waals surface area contributed by atoms with Crippen LogP contribution in [0.4, 0.5) is 4.39 Å². The Morgan fingerprint density at radius 2 is 2.14 bits per heavy atom. The maximum atomic E-state index is 13.3. The molecule has 0 atom stereocenters. The third-order valence-electron chi connectivity index (χ3n) is 3.25. The van der Waals surface area contributed by atoms with E-state index < -0.39 is 0 Å². The Kier molecular flexibility index (Phi) is 5.89. The number of aliphatic imine (C=N–C) groups is 1. The first kappa shape index (κ1) is 16.4. The second-order valence-corrected chi connectivity index (χ2v) is 5.93. The molecular formula is C16H21FN4S. The van der Waals surface area contributed by atoms with E-state index in [0.717, 1.165) is 23.8 Å². The summed E-state index contributed by atoms with van der Waals surface area (Å²) in [5, 5.41) is 6.51. The highest BCUT2D eigenvalue weighted by molar-refractivity contribution is 7.09. The maximum absolute atomic E-state index is 13.3. The molecule has 22 heavy (non-hydrogen) atoms. The summed E-state index contributed by atoms with van der Waals surface area (Å²) in [5.41, 5.74) is 4.52. The van der Waals surface area contributed by atoms with E-state index in [1.807, 2.05) is 25.4 Å². The van der Waals surface area contributed by atoms with Gasteiger partial charge < -0.3 is 10.6 Å². The summed E-state index contributed by atoms with van der Waals surface area (Å²) in [6, 6.07) is 5.08. The average Bonchev–Trinajstić information content (AvgIpc) is 2.91. The molecule has 118 valence electrons. The molecule has 2 aromatic rings. The number of hydrogen-bond donors (Lipinski definition) is 2. The Bertz CT molecular complexity index is 651. The van der Waals surface area contributed by atoms with Crippen molar-refractivity contribution in [3.8, 4) is 0 Å². The fraction of sp³-hybridized carbons (Fsp3) is 0.375. The summed E-state index contributed by atoms with van der Waals surface area (Å²) in [5.74, 6) is 0.565. The van der Waals surface area contributed by atoms with Crippen LogP contribution in [0.25, 0.3) is 0 Å². The second-order valence-electron chi connectivity index (χ2n) is 4.99. The molecule has 4 nitrogen and oxygen atoms in total. The van der Waals surface area contributed by atoms with Crippen LogP contribution in [0.2, 0.25) is 0 Å². The van der Waals surface area contributed by atoms with Gasteiger partial charge in [0.15, 0.2) is 5.96 Å². The standard InChI is InChI=1S/C16H21FN4S/c1-4-18-16(20-9-15-12(3)21-10-22-15)19-8-13-5-6-14(17)11(2)7-13/h5-7,10H,4,8-9H2,1-3H3,(H2,18,19,20). The van der Waals surface area contributed by atoms with Crippen molar-refractivity contribution in [2.45, 2.75) is 33.9 Å². The van der Waals surface area contributed by atoms with Crippen LogP contribution in [0.5, 0.6) is 0 Å². The number of aryl methyl sites for hydroxylation is 2. The van der Waals surface area contributed by atoms with Crippen LogP contribution >= 0.6 is 11.3 Å². The van der Waals surface area contributed by atoms with E-state index in [0.29, 0.717) is 18.7 Å². The van der Waals surface area contributed by atoms with E-state index in [4.69, 9.17) is 0 Å². The van der Waals surface area contributed by atoms with E-state index in [9.17, 15) is 4.39 Å². The summed E-state index contributed by atoms with van der Waals surface area (Å²) in [4.78, 5) is 9.97. The first-order valence-corrected chi connectivity index (χ1v) is 8.14. The van der Waals surface area contributed by atoms with E-state index in [-0.39, 0.29) is 5.82 Å². The molecule has 0 saturated carbocycles. The van der Waals surface area contributed by atoms with E-state index >= 15 is 0 Å². The lowest BCUT2D eigenvalue weighted by Crippen LogP contribution is -2.36. The molecule has 2 N–H and O–H groups in total. The molecule has 1 aromatic heterocycles. The van der Waals surface area contributed by atoms with Crippen LogP contribution in [-0.2, 0) is 13.1 Å². The van der Waals surface area contributed by atoms with Crippen molar-refractivity contribution in [1.82, 2.24) is 15.6 Å². The average molecular weight is 320 g/mol. The first-order chi connectivity index (χ1) is 10.6. The van der Waals surface area contributed by atoms with Gasteiger partial charge in [0.1, 0.15) is 5.82 Å². The lowest BCUT2D eigenvalue weighted by atomic mass is 10.1. The van der Waals surface area contributed by atoms with Crippen LogP contribution in [0.3, 0.4) is 0 Å². The molecule has 0 fully saturated rings. The topological polar surface area (TPSA) is 49.3 Å². The number of thiazole rings is 1. The second kappa shape index (κ2) is 7.89. The van der Waals surface area contributed by atoms with Crippen molar-refractivity contribution >= 4 is 17.3 Å². The van der Waals surface area contributed by atoms with Crippen molar-refractivity contribution < 1.29 is 4.39 Å². The molecule has 0 bridgehead atoms. The van der Waals surface area contributed by atoms with Crippen molar-refractivity contribution in [1.29, 1.82) is 0 Å². The smallest absolute Gasteiger partial charge is 0.191 e. The third-order valence-corrected chi connectivity index (χ3v) is 4.18. The predicted molar refractivity (Wildman–Crippen MR) is 89.6 cm³/mol. The summed E-state index contributed by atoms with van der Waals surface area (Å²) in [7, 11) is 0. The lowest BCUT2D eigenvalue weighted by molar-refractivity contribution is 0.617. The Hall–Kier alpha value is -1.95. The van der Waals surface area contributed by atoms with E-state index in [2.05, 4.69) is 20.6 Å². The predicted octanol–water partition coefficient (Wildman–Crippen LogP) is 3.15. The Labute approximate surface area is 134 Å². The van der Waals surface area contributed by atoms with Gasteiger partial charge in [0.05, 0.1) is 24.3 Å². The highest BCUT2D eigenvalue weighted by Gasteiger charge is 2.04. The molecule has 1 heterocycles. The van der Waals surface area contributed by atoms with Gasteiger partial charge in [0, 0.05) is 11.4 Å². The van der Waals surface area contributed by atoms with Crippen LogP contribution in [-0.4, -0.2) is 17.5 Å². The highest BCUT2D eigenvalue weighted by atomic mass is 32.1. The molecule has 0 saturated heterocycles. The summed E-state index contributed by atoms with van der Waals surface area (Å²) in [6.45, 7) is 7.79. The van der Waals surface area contributed by atoms with Crippen molar-refractivity contribution in [2.75, 3.05) is 6.54 Å². The zero-order chi connectivity index (χ0) is 15.9. The van der Waals surface area contributed by atoms with Gasteiger partial charge in [-0.25, -0.2) is 14.4 Å². The molecule has 0 spiro atoms. The molecular weight excluding hydrogens is 299 g/mol. The number of nitrogens with zero attached hydrogens (tertiary/aromatic N) is 2. The number of benzene rings is 1. The molecule has 0 aliphatic heterocycles. The number of nitrogens with one attached hydrogen (secondary N) is 2. The normalized spacial score (nSPS) is 11.5. The van der Waals surface area contributed by atoms with Crippen LogP contribution in [0, 0.1) is 19.7 Å². The lowest BCUT2D eigenvalue weighted by Gasteiger charge is -2.11. The largest absolute Gasteiger partial charge is 0.357 e. The first-order valence-electron chi connectivity index (χ1n) is 7.26. The van der Waals surface area contributed by atoms with Gasteiger partial charge in [-0.15, -0.1) is 11.3 Å². The fourth-order valence-corrected chi connectivity index (χ4v) is 2.69. The Morgan fingerprint density at radius 3 is 2.77 bits per heavy atom. The van der Waals surface area contributed by atoms with Gasteiger partial charge >= 0.3 is 0 Å².